The molecule has 1 aromatic carbocycles. The van der Waals surface area contributed by atoms with Crippen LogP contribution in [-0.2, 0) is 12.3 Å². The fourth-order valence-corrected chi connectivity index (χ4v) is 4.42. The van der Waals surface area contributed by atoms with Gasteiger partial charge < -0.3 is 13.8 Å². The lowest BCUT2D eigenvalue weighted by Crippen LogP contribution is -2.23. The van der Waals surface area contributed by atoms with E-state index < -0.39 is 0 Å². The van der Waals surface area contributed by atoms with Crippen LogP contribution in [0.2, 0.25) is 0 Å². The molecule has 0 spiro atoms. The number of furan rings is 1. The van der Waals surface area contributed by atoms with Gasteiger partial charge in [0.1, 0.15) is 17.0 Å². The van der Waals surface area contributed by atoms with Crippen molar-refractivity contribution in [2.45, 2.75) is 31.3 Å². The van der Waals surface area contributed by atoms with Gasteiger partial charge in [-0.1, -0.05) is 30.0 Å². The molecule has 1 N–H and O–H groups in total. The first kappa shape index (κ1) is 19.4. The van der Waals surface area contributed by atoms with E-state index in [2.05, 4.69) is 9.97 Å². The zero-order valence-corrected chi connectivity index (χ0v) is 17.9. The minimum absolute atomic E-state index is 0.126. The predicted molar refractivity (Wildman–Crippen MR) is 119 cm³/mol. The lowest BCUT2D eigenvalue weighted by atomic mass is 10.2. The fraction of sp³-hybridized carbons (Fsp3) is 0.174. The number of benzene rings is 1. The summed E-state index contributed by atoms with van der Waals surface area (Å²) in [5, 5.41) is 0.608. The summed E-state index contributed by atoms with van der Waals surface area (Å²) in [6.07, 6.45) is 1.60. The van der Waals surface area contributed by atoms with Gasteiger partial charge in [-0.15, -0.1) is 0 Å². The Morgan fingerprint density at radius 1 is 1.10 bits per heavy atom. The SMILES string of the molecule is Cc1cc2nc(SCc3nc(-c4ccccc4)oc3C)n(Cc3ccco3)c(=O)c2[nH]1. The third-order valence-corrected chi connectivity index (χ3v) is 5.97. The highest BCUT2D eigenvalue weighted by molar-refractivity contribution is 7.98. The lowest BCUT2D eigenvalue weighted by Gasteiger charge is -2.10. The Morgan fingerprint density at radius 2 is 1.94 bits per heavy atom. The minimum Gasteiger partial charge on any atom is -0.467 e. The first-order valence-electron chi connectivity index (χ1n) is 9.85. The molecule has 8 heteroatoms. The highest BCUT2D eigenvalue weighted by Gasteiger charge is 2.17. The maximum Gasteiger partial charge on any atom is 0.278 e. The van der Waals surface area contributed by atoms with E-state index in [0.717, 1.165) is 22.7 Å². The molecule has 0 amide bonds. The molecule has 0 atom stereocenters. The van der Waals surface area contributed by atoms with Gasteiger partial charge >= 0.3 is 0 Å². The predicted octanol–water partition coefficient (Wildman–Crippen LogP) is 4.93. The van der Waals surface area contributed by atoms with E-state index in [9.17, 15) is 4.79 Å². The van der Waals surface area contributed by atoms with Gasteiger partial charge in [-0.3, -0.25) is 9.36 Å². The summed E-state index contributed by atoms with van der Waals surface area (Å²) in [5.74, 6) is 2.57. The Hall–Kier alpha value is -3.52. The van der Waals surface area contributed by atoms with Gasteiger partial charge in [0.05, 0.1) is 24.0 Å². The fourth-order valence-electron chi connectivity index (χ4n) is 3.42. The summed E-state index contributed by atoms with van der Waals surface area (Å²) < 4.78 is 13.0. The van der Waals surface area contributed by atoms with Crippen molar-refractivity contribution < 1.29 is 8.83 Å². The van der Waals surface area contributed by atoms with E-state index in [4.69, 9.17) is 13.8 Å². The van der Waals surface area contributed by atoms with Gasteiger partial charge in [0, 0.05) is 17.0 Å². The average Bonchev–Trinajstić information content (AvgIpc) is 3.50. The molecule has 0 saturated heterocycles. The summed E-state index contributed by atoms with van der Waals surface area (Å²) in [7, 11) is 0. The van der Waals surface area contributed by atoms with Crippen LogP contribution in [0.5, 0.6) is 0 Å². The Labute approximate surface area is 182 Å². The number of hydrogen-bond donors (Lipinski definition) is 1. The molecular weight excluding hydrogens is 412 g/mol. The van der Waals surface area contributed by atoms with Gasteiger partial charge in [-0.25, -0.2) is 9.97 Å². The van der Waals surface area contributed by atoms with Crippen molar-refractivity contribution in [3.05, 3.63) is 88.1 Å². The normalized spacial score (nSPS) is 11.4. The molecule has 0 aliphatic heterocycles. The molecule has 0 aliphatic carbocycles. The molecule has 0 saturated carbocycles. The number of aromatic nitrogens is 4. The number of fused-ring (bicyclic) bond motifs is 1. The van der Waals surface area contributed by atoms with E-state index in [1.165, 1.54) is 11.8 Å². The molecule has 0 radical (unpaired) electrons. The van der Waals surface area contributed by atoms with Crippen LogP contribution >= 0.6 is 11.8 Å². The maximum absolute atomic E-state index is 13.2. The summed E-state index contributed by atoms with van der Waals surface area (Å²) in [6.45, 7) is 4.12. The molecule has 7 nitrogen and oxygen atoms in total. The van der Waals surface area contributed by atoms with Gasteiger partial charge in [0.25, 0.3) is 5.56 Å². The van der Waals surface area contributed by atoms with Crippen LogP contribution in [0.3, 0.4) is 0 Å². The van der Waals surface area contributed by atoms with Crippen LogP contribution in [0.25, 0.3) is 22.5 Å². The number of nitrogens with zero attached hydrogens (tertiary/aromatic N) is 3. The highest BCUT2D eigenvalue weighted by Crippen LogP contribution is 2.27. The van der Waals surface area contributed by atoms with Crippen LogP contribution in [0, 0.1) is 13.8 Å². The second-order valence-electron chi connectivity index (χ2n) is 7.25. The van der Waals surface area contributed by atoms with Crippen LogP contribution in [0.4, 0.5) is 0 Å². The summed E-state index contributed by atoms with van der Waals surface area (Å²) in [4.78, 5) is 25.7. The summed E-state index contributed by atoms with van der Waals surface area (Å²) in [6, 6.07) is 15.3. The van der Waals surface area contributed by atoms with Crippen LogP contribution in [0.1, 0.15) is 22.9 Å². The van der Waals surface area contributed by atoms with Crippen molar-refractivity contribution in [1.82, 2.24) is 19.5 Å². The molecule has 5 aromatic rings. The van der Waals surface area contributed by atoms with E-state index in [-0.39, 0.29) is 5.56 Å². The maximum atomic E-state index is 13.2. The molecular formula is C23H20N4O3S. The van der Waals surface area contributed by atoms with Crippen LogP contribution in [0.15, 0.2) is 73.6 Å². The molecule has 156 valence electrons. The van der Waals surface area contributed by atoms with Crippen molar-refractivity contribution in [2.75, 3.05) is 0 Å². The molecule has 4 heterocycles. The first-order chi connectivity index (χ1) is 15.1. The first-order valence-corrected chi connectivity index (χ1v) is 10.8. The number of H-pyrrole nitrogens is 1. The van der Waals surface area contributed by atoms with Crippen molar-refractivity contribution in [2.24, 2.45) is 0 Å². The number of aromatic amines is 1. The van der Waals surface area contributed by atoms with Gasteiger partial charge in [-0.2, -0.15) is 0 Å². The zero-order chi connectivity index (χ0) is 21.4. The van der Waals surface area contributed by atoms with Gasteiger partial charge in [-0.05, 0) is 44.2 Å². The molecule has 5 rings (SSSR count). The molecule has 0 aliphatic rings. The Bertz CT molecular complexity index is 1400. The number of rotatable bonds is 6. The molecule has 4 aromatic heterocycles. The number of aryl methyl sites for hydroxylation is 2. The topological polar surface area (TPSA) is 89.8 Å². The number of nitrogens with one attached hydrogen (secondary N) is 1. The third kappa shape index (κ3) is 3.82. The van der Waals surface area contributed by atoms with Crippen molar-refractivity contribution in [3.8, 4) is 11.5 Å². The van der Waals surface area contributed by atoms with Crippen molar-refractivity contribution >= 4 is 22.8 Å². The van der Waals surface area contributed by atoms with Crippen LogP contribution < -0.4 is 5.56 Å². The Morgan fingerprint density at radius 3 is 2.71 bits per heavy atom. The van der Waals surface area contributed by atoms with Crippen molar-refractivity contribution in [1.29, 1.82) is 0 Å². The smallest absolute Gasteiger partial charge is 0.278 e. The second-order valence-corrected chi connectivity index (χ2v) is 8.20. The minimum atomic E-state index is -0.126. The van der Waals surface area contributed by atoms with Gasteiger partial charge in [0.15, 0.2) is 5.16 Å². The average molecular weight is 433 g/mol. The Balaban J connectivity index is 1.49. The van der Waals surface area contributed by atoms with E-state index in [1.807, 2.05) is 62.4 Å². The third-order valence-electron chi connectivity index (χ3n) is 4.98. The van der Waals surface area contributed by atoms with Gasteiger partial charge in [0.2, 0.25) is 5.89 Å². The highest BCUT2D eigenvalue weighted by atomic mass is 32.2. The quantitative estimate of drug-likeness (QED) is 0.302. The summed E-state index contributed by atoms with van der Waals surface area (Å²) >= 11 is 1.46. The number of hydrogen-bond acceptors (Lipinski definition) is 6. The standard InChI is InChI=1S/C23H20N4O3S/c1-14-11-18-20(24-14)22(28)27(12-17-9-6-10-29-17)23(26-18)31-13-19-15(2)30-21(25-19)16-7-4-3-5-8-16/h3-11,24H,12-13H2,1-2H3. The lowest BCUT2D eigenvalue weighted by molar-refractivity contribution is 0.476. The zero-order valence-electron chi connectivity index (χ0n) is 17.1. The second kappa shape index (κ2) is 7.96. The van der Waals surface area contributed by atoms with E-state index in [0.29, 0.717) is 40.1 Å². The van der Waals surface area contributed by atoms with E-state index >= 15 is 0 Å². The van der Waals surface area contributed by atoms with Crippen molar-refractivity contribution in [3.63, 3.8) is 0 Å². The molecule has 0 bridgehead atoms. The number of oxazole rings is 1. The largest absolute Gasteiger partial charge is 0.467 e. The summed E-state index contributed by atoms with van der Waals surface area (Å²) in [5.41, 5.74) is 3.68. The Kier molecular flexibility index (Phi) is 4.99. The van der Waals surface area contributed by atoms with Crippen LogP contribution in [-0.4, -0.2) is 19.5 Å². The molecule has 0 fully saturated rings. The number of thioether (sulfide) groups is 1. The molecule has 0 unspecified atom stereocenters. The van der Waals surface area contributed by atoms with E-state index in [1.54, 1.807) is 10.8 Å². The monoisotopic (exact) mass is 432 g/mol. The molecule has 31 heavy (non-hydrogen) atoms.